The molecule has 0 bridgehead atoms. The summed E-state index contributed by atoms with van der Waals surface area (Å²) < 4.78 is 47.9. The summed E-state index contributed by atoms with van der Waals surface area (Å²) >= 11 is 5.77. The second-order valence-corrected chi connectivity index (χ2v) is 7.15. The molecular weight excluding hydrogens is 332 g/mol. The van der Waals surface area contributed by atoms with Gasteiger partial charge in [-0.3, -0.25) is 4.55 Å². The molecule has 0 aliphatic carbocycles. The van der Waals surface area contributed by atoms with Crippen LogP contribution in [0, 0.1) is 0 Å². The van der Waals surface area contributed by atoms with Crippen molar-refractivity contribution in [3.8, 4) is 0 Å². The molecule has 0 fully saturated rings. The van der Waals surface area contributed by atoms with E-state index in [9.17, 15) is 21.9 Å². The lowest BCUT2D eigenvalue weighted by molar-refractivity contribution is 0.186. The number of halogens is 1. The summed E-state index contributed by atoms with van der Waals surface area (Å²) in [6, 6.07) is 3.84. The molecule has 0 radical (unpaired) electrons. The number of sulfonamides is 1. The van der Waals surface area contributed by atoms with E-state index in [1.54, 1.807) is 0 Å². The molecule has 0 saturated carbocycles. The van der Waals surface area contributed by atoms with Gasteiger partial charge in [0.15, 0.2) is 0 Å². The van der Waals surface area contributed by atoms with Crippen LogP contribution in [0.5, 0.6) is 0 Å². The van der Waals surface area contributed by atoms with E-state index in [-0.39, 0.29) is 22.0 Å². The molecule has 1 unspecified atom stereocenters. The van der Waals surface area contributed by atoms with Gasteiger partial charge in [0.2, 0.25) is 10.0 Å². The number of aliphatic hydroxyl groups is 1. The lowest BCUT2D eigenvalue weighted by Crippen LogP contribution is -2.15. The minimum absolute atomic E-state index is 0.0478. The zero-order valence-electron chi connectivity index (χ0n) is 10.4. The minimum Gasteiger partial charge on any atom is -0.387 e. The average Bonchev–Trinajstić information content (AvgIpc) is 2.24. The highest BCUT2D eigenvalue weighted by atomic mass is 35.5. The molecule has 0 saturated heterocycles. The van der Waals surface area contributed by atoms with Crippen molar-refractivity contribution < 1.29 is 26.5 Å². The molecule has 0 spiro atoms. The Balaban J connectivity index is 0.000000621. The van der Waals surface area contributed by atoms with Gasteiger partial charge in [0, 0.05) is 17.1 Å². The Kier molecular flexibility index (Phi) is 7.04. The van der Waals surface area contributed by atoms with Crippen LogP contribution >= 0.6 is 11.6 Å². The Morgan fingerprint density at radius 3 is 2.10 bits per heavy atom. The monoisotopic (exact) mass is 346 g/mol. The second-order valence-electron chi connectivity index (χ2n) is 3.71. The number of hydrogen-bond donors (Lipinski definition) is 4. The van der Waals surface area contributed by atoms with Gasteiger partial charge in [0.25, 0.3) is 10.1 Å². The molecule has 8 nitrogen and oxygen atoms in total. The van der Waals surface area contributed by atoms with E-state index in [4.69, 9.17) is 27.0 Å². The molecule has 1 aromatic carbocycles. The maximum atomic E-state index is 11.0. The van der Waals surface area contributed by atoms with Crippen LogP contribution in [0.15, 0.2) is 23.1 Å². The number of benzene rings is 1. The predicted molar refractivity (Wildman–Crippen MR) is 74.3 cm³/mol. The van der Waals surface area contributed by atoms with E-state index in [1.807, 2.05) is 0 Å². The number of hydrogen-bond acceptors (Lipinski definition) is 6. The van der Waals surface area contributed by atoms with Crippen molar-refractivity contribution in [2.75, 3.05) is 12.8 Å². The topological polar surface area (TPSA) is 161 Å². The molecule has 0 aliphatic heterocycles. The fourth-order valence-electron chi connectivity index (χ4n) is 1.08. The maximum absolute atomic E-state index is 11.0. The van der Waals surface area contributed by atoms with Crippen molar-refractivity contribution in [2.24, 2.45) is 10.9 Å². The van der Waals surface area contributed by atoms with Crippen LogP contribution in [0.25, 0.3) is 0 Å². The summed E-state index contributed by atoms with van der Waals surface area (Å²) in [5.41, 5.74) is 5.50. The highest BCUT2D eigenvalue weighted by Gasteiger charge is 2.15. The molecule has 20 heavy (non-hydrogen) atoms. The minimum atomic E-state index is -3.79. The van der Waals surface area contributed by atoms with Crippen molar-refractivity contribution in [1.82, 2.24) is 0 Å². The molecule has 6 N–H and O–H groups in total. The first kappa shape index (κ1) is 19.2. The van der Waals surface area contributed by atoms with Gasteiger partial charge in [-0.05, 0) is 18.2 Å². The summed E-state index contributed by atoms with van der Waals surface area (Å²) in [6.45, 7) is -0.0478. The predicted octanol–water partition coefficient (Wildman–Crippen LogP) is -0.516. The normalized spacial score (nSPS) is 13.3. The summed E-state index contributed by atoms with van der Waals surface area (Å²) in [5, 5.41) is 14.6. The zero-order valence-corrected chi connectivity index (χ0v) is 12.8. The van der Waals surface area contributed by atoms with Gasteiger partial charge < -0.3 is 10.8 Å². The molecule has 0 amide bonds. The van der Waals surface area contributed by atoms with Gasteiger partial charge >= 0.3 is 0 Å². The second kappa shape index (κ2) is 7.31. The molecule has 1 rings (SSSR count). The third kappa shape index (κ3) is 7.75. The highest BCUT2D eigenvalue weighted by Crippen LogP contribution is 2.25. The van der Waals surface area contributed by atoms with Crippen molar-refractivity contribution in [2.45, 2.75) is 11.0 Å². The Hall–Kier alpha value is -0.750. The van der Waals surface area contributed by atoms with E-state index in [0.29, 0.717) is 6.26 Å². The molecule has 0 aliphatic rings. The van der Waals surface area contributed by atoms with Crippen LogP contribution in [0.3, 0.4) is 0 Å². The van der Waals surface area contributed by atoms with Crippen molar-refractivity contribution in [3.63, 3.8) is 0 Å². The van der Waals surface area contributed by atoms with Crippen LogP contribution in [-0.2, 0) is 20.1 Å². The molecule has 0 heterocycles. The molecule has 1 atom stereocenters. The third-order valence-electron chi connectivity index (χ3n) is 1.88. The average molecular weight is 347 g/mol. The number of primary sulfonamides is 1. The first-order valence-corrected chi connectivity index (χ1v) is 8.76. The summed E-state index contributed by atoms with van der Waals surface area (Å²) in [4.78, 5) is -0.102. The summed E-state index contributed by atoms with van der Waals surface area (Å²) in [7, 11) is -7.46. The zero-order chi connectivity index (χ0) is 16.1. The fraction of sp³-hybridized carbons (Fsp3) is 0.333. The van der Waals surface area contributed by atoms with Crippen molar-refractivity contribution >= 4 is 31.7 Å². The first-order chi connectivity index (χ1) is 8.86. The molecule has 0 aromatic heterocycles. The third-order valence-corrected chi connectivity index (χ3v) is 3.13. The van der Waals surface area contributed by atoms with E-state index in [1.165, 1.54) is 18.2 Å². The van der Waals surface area contributed by atoms with Gasteiger partial charge in [-0.2, -0.15) is 8.42 Å². The van der Waals surface area contributed by atoms with E-state index in [2.05, 4.69) is 0 Å². The summed E-state index contributed by atoms with van der Waals surface area (Å²) in [5.74, 6) is 0. The van der Waals surface area contributed by atoms with Gasteiger partial charge in [-0.15, -0.1) is 0 Å². The highest BCUT2D eigenvalue weighted by molar-refractivity contribution is 7.89. The van der Waals surface area contributed by atoms with Crippen LogP contribution in [-0.4, -0.2) is 39.3 Å². The first-order valence-electron chi connectivity index (χ1n) is 4.99. The van der Waals surface area contributed by atoms with Gasteiger partial charge in [0.1, 0.15) is 0 Å². The van der Waals surface area contributed by atoms with Crippen LogP contribution in [0.2, 0.25) is 5.02 Å². The summed E-state index contributed by atoms with van der Waals surface area (Å²) in [6.07, 6.45) is -0.285. The Labute approximate surface area is 122 Å². The largest absolute Gasteiger partial charge is 0.387 e. The lowest BCUT2D eigenvalue weighted by atomic mass is 10.1. The van der Waals surface area contributed by atoms with Crippen LogP contribution < -0.4 is 10.9 Å². The Bertz CT molecular complexity index is 651. The molecular formula is C9H15ClN2O6S2. The van der Waals surface area contributed by atoms with Crippen LogP contribution in [0.4, 0.5) is 0 Å². The van der Waals surface area contributed by atoms with Crippen molar-refractivity contribution in [3.05, 3.63) is 28.8 Å². The maximum Gasteiger partial charge on any atom is 0.261 e. The smallest absolute Gasteiger partial charge is 0.261 e. The Morgan fingerprint density at radius 1 is 1.30 bits per heavy atom. The van der Waals surface area contributed by atoms with Gasteiger partial charge in [0.05, 0.1) is 17.3 Å². The lowest BCUT2D eigenvalue weighted by Gasteiger charge is -2.11. The number of rotatable bonds is 3. The van der Waals surface area contributed by atoms with Gasteiger partial charge in [-0.25, -0.2) is 13.6 Å². The molecule has 116 valence electrons. The van der Waals surface area contributed by atoms with Gasteiger partial charge in [-0.1, -0.05) is 11.6 Å². The SMILES string of the molecule is CS(=O)(=O)O.NCC(O)c1cc(S(N)(=O)=O)ccc1Cl. The van der Waals surface area contributed by atoms with E-state index in [0.717, 1.165) is 0 Å². The standard InChI is InChI=1S/C8H11ClN2O3S.CH4O3S/c9-7-2-1-5(15(11,13)14)3-6(7)8(12)4-10;1-5(2,3)4/h1-3,8,12H,4,10H2,(H2,11,13,14);1H3,(H,2,3,4). The fourth-order valence-corrected chi connectivity index (χ4v) is 1.87. The number of aliphatic hydroxyl groups excluding tert-OH is 1. The van der Waals surface area contributed by atoms with E-state index >= 15 is 0 Å². The molecule has 11 heteroatoms. The quantitative estimate of drug-likeness (QED) is 0.535. The number of nitrogens with two attached hydrogens (primary N) is 2. The molecule has 1 aromatic rings. The van der Waals surface area contributed by atoms with Crippen LogP contribution in [0.1, 0.15) is 11.7 Å². The van der Waals surface area contributed by atoms with Crippen molar-refractivity contribution in [1.29, 1.82) is 0 Å². The van der Waals surface area contributed by atoms with E-state index < -0.39 is 26.2 Å². The Morgan fingerprint density at radius 2 is 1.75 bits per heavy atom.